The van der Waals surface area contributed by atoms with Crippen molar-refractivity contribution >= 4 is 47.8 Å². The predicted molar refractivity (Wildman–Crippen MR) is 191 cm³/mol. The van der Waals surface area contributed by atoms with Gasteiger partial charge in [-0.1, -0.05) is 60.7 Å². The average molecular weight is 803 g/mol. The molecule has 3 rings (SSSR count). The summed E-state index contributed by atoms with van der Waals surface area (Å²) < 4.78 is 49.5. The zero-order valence-corrected chi connectivity index (χ0v) is 32.2. The number of hydrogen-bond donors (Lipinski definition) is 2. The smallest absolute Gasteiger partial charge is 0.407 e. The average Bonchev–Trinajstić information content (AvgIpc) is 3.14. The number of benzene rings is 2. The van der Waals surface area contributed by atoms with Gasteiger partial charge in [-0.2, -0.15) is 0 Å². The third kappa shape index (κ3) is 15.5. The first kappa shape index (κ1) is 45.3. The lowest BCUT2D eigenvalue weighted by Gasteiger charge is -2.45. The highest BCUT2D eigenvalue weighted by Gasteiger charge is 2.52. The minimum absolute atomic E-state index is 0.0920. The lowest BCUT2D eigenvalue weighted by Crippen LogP contribution is -2.67. The molecule has 1 aliphatic rings. The van der Waals surface area contributed by atoms with E-state index >= 15 is 0 Å². The third-order valence-corrected chi connectivity index (χ3v) is 7.77. The molecule has 2 N–H and O–H groups in total. The highest BCUT2D eigenvalue weighted by atomic mass is 16.7. The van der Waals surface area contributed by atoms with Crippen LogP contribution in [0.5, 0.6) is 0 Å². The van der Waals surface area contributed by atoms with E-state index in [1.54, 1.807) is 60.7 Å². The number of hydrogen-bond acceptors (Lipinski definition) is 17. The van der Waals surface area contributed by atoms with Gasteiger partial charge >= 0.3 is 41.9 Å². The van der Waals surface area contributed by atoms with Gasteiger partial charge in [0.05, 0.1) is 6.61 Å². The van der Waals surface area contributed by atoms with Crippen molar-refractivity contribution in [2.75, 3.05) is 13.2 Å². The van der Waals surface area contributed by atoms with Gasteiger partial charge in [-0.05, 0) is 11.1 Å². The van der Waals surface area contributed by atoms with Crippen LogP contribution in [0.15, 0.2) is 60.7 Å². The Morgan fingerprint density at radius 1 is 0.632 bits per heavy atom. The number of ether oxygens (including phenoxy) is 9. The van der Waals surface area contributed by atoms with Gasteiger partial charge in [-0.15, -0.1) is 0 Å². The van der Waals surface area contributed by atoms with E-state index in [0.717, 1.165) is 41.5 Å². The van der Waals surface area contributed by atoms with Crippen LogP contribution in [0.3, 0.4) is 0 Å². The Labute approximate surface area is 327 Å². The van der Waals surface area contributed by atoms with Crippen LogP contribution in [0.4, 0.5) is 4.79 Å². The molecule has 1 aliphatic heterocycles. The summed E-state index contributed by atoms with van der Waals surface area (Å²) in [6.45, 7) is 4.61. The SMILES string of the molecule is CC(=O)OC[C@@H](OC(C)=O)[C@@H](OC(C)=O)[C@@H](OC(C)=O)C(=O)NC[C@H]1O[C@H](OCc2ccccc2)[C@H](NC(=O)OCc2ccccc2)[C@@H](OC(C)=O)[C@@H]1OC(C)=O. The van der Waals surface area contributed by atoms with E-state index < -0.39 is 110 Å². The zero-order chi connectivity index (χ0) is 42.1. The van der Waals surface area contributed by atoms with E-state index in [1.807, 2.05) is 0 Å². The van der Waals surface area contributed by atoms with Gasteiger partial charge in [0, 0.05) is 48.1 Å². The van der Waals surface area contributed by atoms with Crippen LogP contribution in [0.25, 0.3) is 0 Å². The van der Waals surface area contributed by atoms with Crippen LogP contribution in [-0.2, 0) is 89.4 Å². The normalized spacial score (nSPS) is 20.2. The summed E-state index contributed by atoms with van der Waals surface area (Å²) in [5, 5.41) is 5.06. The molecule has 1 heterocycles. The second kappa shape index (κ2) is 22.5. The second-order valence-corrected chi connectivity index (χ2v) is 12.5. The Balaban J connectivity index is 1.99. The van der Waals surface area contributed by atoms with Gasteiger partial charge in [0.15, 0.2) is 30.7 Å². The van der Waals surface area contributed by atoms with Crippen molar-refractivity contribution < 1.29 is 81.0 Å². The largest absolute Gasteiger partial charge is 0.462 e. The maximum absolute atomic E-state index is 13.9. The molecule has 0 unspecified atom stereocenters. The summed E-state index contributed by atoms with van der Waals surface area (Å²) in [5.74, 6) is -6.60. The van der Waals surface area contributed by atoms with Crippen molar-refractivity contribution in [3.8, 4) is 0 Å². The number of rotatable bonds is 18. The first-order valence-electron chi connectivity index (χ1n) is 17.6. The highest BCUT2D eigenvalue weighted by Crippen LogP contribution is 2.28. The monoisotopic (exact) mass is 802 g/mol. The summed E-state index contributed by atoms with van der Waals surface area (Å²) >= 11 is 0. The van der Waals surface area contributed by atoms with Crippen molar-refractivity contribution in [3.63, 3.8) is 0 Å². The molecular weight excluding hydrogens is 756 g/mol. The van der Waals surface area contributed by atoms with Gasteiger partial charge < -0.3 is 53.3 Å². The van der Waals surface area contributed by atoms with Crippen LogP contribution in [0.2, 0.25) is 0 Å². The third-order valence-electron chi connectivity index (χ3n) is 7.77. The minimum Gasteiger partial charge on any atom is -0.462 e. The second-order valence-electron chi connectivity index (χ2n) is 12.5. The molecule has 19 nitrogen and oxygen atoms in total. The first-order chi connectivity index (χ1) is 27.0. The molecule has 0 aromatic heterocycles. The van der Waals surface area contributed by atoms with E-state index in [2.05, 4.69) is 10.6 Å². The van der Waals surface area contributed by atoms with Crippen LogP contribution in [-0.4, -0.2) is 110 Å². The molecule has 2 aromatic carbocycles. The van der Waals surface area contributed by atoms with E-state index in [0.29, 0.717) is 11.1 Å². The standard InChI is InChI=1S/C38H46N2O17/c1-21(41)49-20-30(52-22(2)42)33(54-24(4)44)35(56-26(6)46)36(47)39-17-29-32(53-23(3)43)34(55-25(5)45)31(37(57-29)50-18-27-13-9-7-10-14-27)40-38(48)51-19-28-15-11-8-12-16-28/h7-16,29-35,37H,17-20H2,1-6H3,(H,39,47)(H,40,48)/t29-,30-,31-,32-,33-,34-,35-,37+/m1/s1. The van der Waals surface area contributed by atoms with E-state index in [-0.39, 0.29) is 13.2 Å². The van der Waals surface area contributed by atoms with Crippen molar-refractivity contribution in [2.24, 2.45) is 0 Å². The summed E-state index contributed by atoms with van der Waals surface area (Å²) in [6.07, 6.45) is -12.4. The number of carbonyl (C=O) groups is 8. The van der Waals surface area contributed by atoms with E-state index in [9.17, 15) is 38.4 Å². The Morgan fingerprint density at radius 3 is 1.70 bits per heavy atom. The summed E-state index contributed by atoms with van der Waals surface area (Å²) in [5.41, 5.74) is 1.35. The molecule has 0 bridgehead atoms. The molecule has 1 saturated heterocycles. The van der Waals surface area contributed by atoms with Gasteiger partial charge in [0.2, 0.25) is 6.10 Å². The van der Waals surface area contributed by atoms with Crippen LogP contribution >= 0.6 is 0 Å². The molecule has 2 aromatic rings. The van der Waals surface area contributed by atoms with Gasteiger partial charge in [-0.3, -0.25) is 33.6 Å². The Kier molecular flexibility index (Phi) is 17.9. The fraction of sp³-hybridized carbons (Fsp3) is 0.474. The molecule has 19 heteroatoms. The fourth-order valence-corrected chi connectivity index (χ4v) is 5.57. The number of nitrogens with one attached hydrogen (secondary N) is 2. The molecule has 0 aliphatic carbocycles. The molecule has 0 radical (unpaired) electrons. The summed E-state index contributed by atoms with van der Waals surface area (Å²) in [4.78, 5) is 100. The highest BCUT2D eigenvalue weighted by molar-refractivity contribution is 5.84. The van der Waals surface area contributed by atoms with E-state index in [4.69, 9.17) is 42.6 Å². The number of amides is 2. The maximum Gasteiger partial charge on any atom is 0.407 e. The van der Waals surface area contributed by atoms with Crippen LogP contribution in [0.1, 0.15) is 52.7 Å². The lowest BCUT2D eigenvalue weighted by atomic mass is 9.95. The summed E-state index contributed by atoms with van der Waals surface area (Å²) in [7, 11) is 0. The molecule has 2 amide bonds. The van der Waals surface area contributed by atoms with Crippen molar-refractivity contribution in [1.82, 2.24) is 10.6 Å². The van der Waals surface area contributed by atoms with E-state index in [1.165, 1.54) is 0 Å². The molecule has 310 valence electrons. The molecular formula is C38H46N2O17. The molecule has 1 fully saturated rings. The van der Waals surface area contributed by atoms with Gasteiger partial charge in [0.25, 0.3) is 5.91 Å². The Hall–Kier alpha value is -6.08. The zero-order valence-electron chi connectivity index (χ0n) is 32.2. The number of esters is 6. The predicted octanol–water partition coefficient (Wildman–Crippen LogP) is 1.56. The molecule has 0 spiro atoms. The first-order valence-corrected chi connectivity index (χ1v) is 17.6. The quantitative estimate of drug-likeness (QED) is 0.160. The van der Waals surface area contributed by atoms with Gasteiger partial charge in [0.1, 0.15) is 25.4 Å². The number of alkyl carbamates (subject to hydrolysis) is 1. The molecule has 57 heavy (non-hydrogen) atoms. The Bertz CT molecular complexity index is 1710. The van der Waals surface area contributed by atoms with Crippen molar-refractivity contribution in [2.45, 2.75) is 104 Å². The van der Waals surface area contributed by atoms with Crippen LogP contribution < -0.4 is 10.6 Å². The number of carbonyl (C=O) groups excluding carboxylic acids is 8. The van der Waals surface area contributed by atoms with Gasteiger partial charge in [-0.25, -0.2) is 4.79 Å². The minimum atomic E-state index is -2.02. The van der Waals surface area contributed by atoms with Crippen molar-refractivity contribution in [3.05, 3.63) is 71.8 Å². The topological polar surface area (TPSA) is 244 Å². The van der Waals surface area contributed by atoms with Crippen LogP contribution in [0, 0.1) is 0 Å². The summed E-state index contributed by atoms with van der Waals surface area (Å²) in [6, 6.07) is 16.2. The Morgan fingerprint density at radius 2 is 1.18 bits per heavy atom. The lowest BCUT2D eigenvalue weighted by molar-refractivity contribution is -0.273. The molecule has 0 saturated carbocycles. The maximum atomic E-state index is 13.9. The fourth-order valence-electron chi connectivity index (χ4n) is 5.57. The molecule has 8 atom stereocenters. The van der Waals surface area contributed by atoms with Crippen molar-refractivity contribution in [1.29, 1.82) is 0 Å².